The highest BCUT2D eigenvalue weighted by molar-refractivity contribution is 9.10. The summed E-state index contributed by atoms with van der Waals surface area (Å²) in [5.74, 6) is 0.963. The second kappa shape index (κ2) is 10.3. The van der Waals surface area contributed by atoms with Crippen molar-refractivity contribution in [3.05, 3.63) is 64.6 Å². The van der Waals surface area contributed by atoms with E-state index in [-0.39, 0.29) is 11.9 Å². The third kappa shape index (κ3) is 5.57. The second-order valence-electron chi connectivity index (χ2n) is 6.77. The number of hydrogen-bond acceptors (Lipinski definition) is 4. The molecule has 1 aliphatic rings. The van der Waals surface area contributed by atoms with Crippen molar-refractivity contribution in [2.75, 3.05) is 32.8 Å². The molecule has 1 atom stereocenters. The molecular weight excluding hydrogens is 418 g/mol. The van der Waals surface area contributed by atoms with Crippen LogP contribution in [0, 0.1) is 11.3 Å². The summed E-state index contributed by atoms with van der Waals surface area (Å²) in [7, 11) is 0. The molecule has 2 aromatic carbocycles. The summed E-state index contributed by atoms with van der Waals surface area (Å²) < 4.78 is 6.67. The number of nitrogens with zero attached hydrogens (tertiary/aromatic N) is 3. The van der Waals surface area contributed by atoms with Gasteiger partial charge >= 0.3 is 0 Å². The summed E-state index contributed by atoms with van der Waals surface area (Å²) in [5, 5.41) is 9.57. The minimum Gasteiger partial charge on any atom is -0.494 e. The molecule has 0 bridgehead atoms. The number of hydrogen-bond donors (Lipinski definition) is 0. The van der Waals surface area contributed by atoms with E-state index in [9.17, 15) is 10.1 Å². The SMILES string of the molecule is N#CC(c1ccccc1)N1CCN(C(=O)CCCOc2cccc(Br)c2)CC1. The van der Waals surface area contributed by atoms with Crippen LogP contribution in [0.5, 0.6) is 5.75 Å². The fourth-order valence-corrected chi connectivity index (χ4v) is 3.74. The van der Waals surface area contributed by atoms with Crippen molar-refractivity contribution in [2.24, 2.45) is 0 Å². The van der Waals surface area contributed by atoms with Gasteiger partial charge in [0.1, 0.15) is 11.8 Å². The van der Waals surface area contributed by atoms with Gasteiger partial charge in [0.2, 0.25) is 5.91 Å². The van der Waals surface area contributed by atoms with Crippen molar-refractivity contribution < 1.29 is 9.53 Å². The van der Waals surface area contributed by atoms with E-state index < -0.39 is 0 Å². The number of carbonyl (C=O) groups excluding carboxylic acids is 1. The maximum absolute atomic E-state index is 12.5. The van der Waals surface area contributed by atoms with Crippen LogP contribution in [0.4, 0.5) is 0 Å². The van der Waals surface area contributed by atoms with Crippen molar-refractivity contribution in [1.29, 1.82) is 5.26 Å². The third-order valence-electron chi connectivity index (χ3n) is 4.87. The number of amides is 1. The Morgan fingerprint density at radius 2 is 1.86 bits per heavy atom. The van der Waals surface area contributed by atoms with Crippen molar-refractivity contribution >= 4 is 21.8 Å². The first-order chi connectivity index (χ1) is 13.7. The lowest BCUT2D eigenvalue weighted by Gasteiger charge is -2.37. The molecule has 6 heteroatoms. The molecule has 3 rings (SSSR count). The standard InChI is InChI=1S/C22H24BrN3O2/c23-19-8-4-9-20(16-19)28-15-5-10-22(27)26-13-11-25(12-14-26)21(17-24)18-6-2-1-3-7-18/h1-4,6-9,16,21H,5,10-15H2. The maximum Gasteiger partial charge on any atom is 0.222 e. The van der Waals surface area contributed by atoms with Crippen LogP contribution >= 0.6 is 15.9 Å². The minimum absolute atomic E-state index is 0.158. The van der Waals surface area contributed by atoms with Gasteiger partial charge in [0.25, 0.3) is 0 Å². The highest BCUT2D eigenvalue weighted by Crippen LogP contribution is 2.22. The number of carbonyl (C=O) groups is 1. The molecule has 1 aliphatic heterocycles. The van der Waals surface area contributed by atoms with E-state index in [1.165, 1.54) is 0 Å². The van der Waals surface area contributed by atoms with Crippen molar-refractivity contribution in [3.8, 4) is 11.8 Å². The summed E-state index contributed by atoms with van der Waals surface area (Å²) in [6, 6.07) is 19.7. The largest absolute Gasteiger partial charge is 0.494 e. The Kier molecular flexibility index (Phi) is 7.46. The predicted octanol–water partition coefficient (Wildman–Crippen LogP) is 4.02. The van der Waals surface area contributed by atoms with E-state index in [4.69, 9.17) is 4.74 Å². The summed E-state index contributed by atoms with van der Waals surface area (Å²) in [4.78, 5) is 16.5. The van der Waals surface area contributed by atoms with E-state index in [1.54, 1.807) is 0 Å². The van der Waals surface area contributed by atoms with Crippen molar-refractivity contribution in [1.82, 2.24) is 9.80 Å². The molecular formula is C22H24BrN3O2. The fourth-order valence-electron chi connectivity index (χ4n) is 3.36. The van der Waals surface area contributed by atoms with Gasteiger partial charge in [0, 0.05) is 37.1 Å². The van der Waals surface area contributed by atoms with Crippen LogP contribution in [0.3, 0.4) is 0 Å². The van der Waals surface area contributed by atoms with Gasteiger partial charge in [-0.15, -0.1) is 0 Å². The lowest BCUT2D eigenvalue weighted by atomic mass is 10.1. The zero-order valence-electron chi connectivity index (χ0n) is 15.8. The van der Waals surface area contributed by atoms with Crippen LogP contribution in [-0.4, -0.2) is 48.5 Å². The molecule has 0 aliphatic carbocycles. The van der Waals surface area contributed by atoms with E-state index >= 15 is 0 Å². The Morgan fingerprint density at radius 3 is 2.54 bits per heavy atom. The first-order valence-corrected chi connectivity index (χ1v) is 10.3. The first kappa shape index (κ1) is 20.4. The molecule has 28 heavy (non-hydrogen) atoms. The highest BCUT2D eigenvalue weighted by Gasteiger charge is 2.26. The molecule has 5 nitrogen and oxygen atoms in total. The zero-order chi connectivity index (χ0) is 19.8. The van der Waals surface area contributed by atoms with Crippen LogP contribution in [0.2, 0.25) is 0 Å². The minimum atomic E-state index is -0.253. The number of nitriles is 1. The zero-order valence-corrected chi connectivity index (χ0v) is 17.3. The molecule has 1 fully saturated rings. The van der Waals surface area contributed by atoms with E-state index in [2.05, 4.69) is 26.9 Å². The summed E-state index contributed by atoms with van der Waals surface area (Å²) in [5.41, 5.74) is 1.01. The molecule has 0 spiro atoms. The van der Waals surface area contributed by atoms with Crippen molar-refractivity contribution in [3.63, 3.8) is 0 Å². The van der Waals surface area contributed by atoms with Crippen LogP contribution in [0.1, 0.15) is 24.4 Å². The van der Waals surface area contributed by atoms with Gasteiger partial charge in [-0.05, 0) is 30.2 Å². The lowest BCUT2D eigenvalue weighted by molar-refractivity contribution is -0.133. The Labute approximate surface area is 174 Å². The molecule has 1 unspecified atom stereocenters. The summed E-state index contributed by atoms with van der Waals surface area (Å²) in [6.45, 7) is 3.28. The van der Waals surface area contributed by atoms with E-state index in [0.29, 0.717) is 45.6 Å². The fraction of sp³-hybridized carbons (Fsp3) is 0.364. The van der Waals surface area contributed by atoms with Gasteiger partial charge in [0.05, 0.1) is 12.7 Å². The van der Waals surface area contributed by atoms with Crippen LogP contribution in [0.15, 0.2) is 59.1 Å². The molecule has 0 radical (unpaired) electrons. The molecule has 1 heterocycles. The number of rotatable bonds is 7. The monoisotopic (exact) mass is 441 g/mol. The van der Waals surface area contributed by atoms with Crippen LogP contribution in [-0.2, 0) is 4.79 Å². The quantitative estimate of drug-likeness (QED) is 0.608. The van der Waals surface area contributed by atoms with Gasteiger partial charge in [-0.1, -0.05) is 52.3 Å². The predicted molar refractivity (Wildman–Crippen MR) is 112 cm³/mol. The van der Waals surface area contributed by atoms with Gasteiger partial charge in [-0.25, -0.2) is 0 Å². The van der Waals surface area contributed by atoms with Gasteiger partial charge in [0.15, 0.2) is 0 Å². The topological polar surface area (TPSA) is 56.6 Å². The highest BCUT2D eigenvalue weighted by atomic mass is 79.9. The molecule has 146 valence electrons. The Hall–Kier alpha value is -2.36. The summed E-state index contributed by atoms with van der Waals surface area (Å²) >= 11 is 3.42. The number of ether oxygens (including phenoxy) is 1. The molecule has 0 aromatic heterocycles. The van der Waals surface area contributed by atoms with Gasteiger partial charge < -0.3 is 9.64 Å². The number of benzene rings is 2. The maximum atomic E-state index is 12.5. The molecule has 1 saturated heterocycles. The van der Waals surface area contributed by atoms with Gasteiger partial charge in [-0.2, -0.15) is 5.26 Å². The first-order valence-electron chi connectivity index (χ1n) is 9.52. The summed E-state index contributed by atoms with van der Waals surface area (Å²) in [6.07, 6.45) is 1.17. The van der Waals surface area contributed by atoms with E-state index in [1.807, 2.05) is 59.5 Å². The number of piperazine rings is 1. The van der Waals surface area contributed by atoms with Crippen LogP contribution in [0.25, 0.3) is 0 Å². The Balaban J connectivity index is 1.40. The smallest absolute Gasteiger partial charge is 0.222 e. The molecule has 1 amide bonds. The normalized spacial score (nSPS) is 15.6. The van der Waals surface area contributed by atoms with E-state index in [0.717, 1.165) is 15.8 Å². The Bertz CT molecular complexity index is 814. The lowest BCUT2D eigenvalue weighted by Crippen LogP contribution is -2.49. The third-order valence-corrected chi connectivity index (χ3v) is 5.36. The number of halogens is 1. The second-order valence-corrected chi connectivity index (χ2v) is 7.68. The Morgan fingerprint density at radius 1 is 1.11 bits per heavy atom. The molecule has 2 aromatic rings. The van der Waals surface area contributed by atoms with Crippen molar-refractivity contribution in [2.45, 2.75) is 18.9 Å². The van der Waals surface area contributed by atoms with Gasteiger partial charge in [-0.3, -0.25) is 9.69 Å². The average molecular weight is 442 g/mol. The average Bonchev–Trinajstić information content (AvgIpc) is 2.73. The van der Waals surface area contributed by atoms with Crippen LogP contribution < -0.4 is 4.74 Å². The molecule has 0 N–H and O–H groups in total. The molecule has 0 saturated carbocycles.